The Hall–Kier alpha value is -1.77. The van der Waals surface area contributed by atoms with Gasteiger partial charge in [0.1, 0.15) is 6.10 Å². The summed E-state index contributed by atoms with van der Waals surface area (Å²) in [6.45, 7) is 5.59. The number of hydrogen-bond donors (Lipinski definition) is 0. The van der Waals surface area contributed by atoms with Gasteiger partial charge in [0.15, 0.2) is 21.5 Å². The quantitative estimate of drug-likeness (QED) is 0.742. The third-order valence-electron chi connectivity index (χ3n) is 5.98. The van der Waals surface area contributed by atoms with E-state index in [1.54, 1.807) is 18.2 Å². The number of sulfone groups is 1. The first-order valence-corrected chi connectivity index (χ1v) is 12.5. The number of morpholine rings is 1. The van der Waals surface area contributed by atoms with Crippen molar-refractivity contribution in [2.24, 2.45) is 0 Å². The Morgan fingerprint density at radius 2 is 2.00 bits per heavy atom. The van der Waals surface area contributed by atoms with Crippen molar-refractivity contribution in [3.05, 3.63) is 30.1 Å². The first-order valence-electron chi connectivity index (χ1n) is 10.6. The molecule has 1 saturated heterocycles. The molecule has 2 aromatic rings. The zero-order valence-electron chi connectivity index (χ0n) is 17.2. The first kappa shape index (κ1) is 20.5. The number of benzene rings is 1. The number of nitrogens with zero attached hydrogens (tertiary/aromatic N) is 4. The van der Waals surface area contributed by atoms with Gasteiger partial charge in [-0.25, -0.2) is 18.1 Å². The zero-order chi connectivity index (χ0) is 20.4. The van der Waals surface area contributed by atoms with Gasteiger partial charge in [0.05, 0.1) is 17.5 Å². The lowest BCUT2D eigenvalue weighted by molar-refractivity contribution is -0.0356. The molecule has 2 aliphatic rings. The van der Waals surface area contributed by atoms with E-state index >= 15 is 0 Å². The highest BCUT2D eigenvalue weighted by molar-refractivity contribution is 7.90. The summed E-state index contributed by atoms with van der Waals surface area (Å²) in [5.74, 6) is 1.45. The van der Waals surface area contributed by atoms with Gasteiger partial charge in [0.2, 0.25) is 0 Å². The Bertz CT molecular complexity index is 951. The van der Waals surface area contributed by atoms with Gasteiger partial charge in [-0.2, -0.15) is 5.10 Å². The number of rotatable bonds is 5. The van der Waals surface area contributed by atoms with Crippen molar-refractivity contribution in [1.82, 2.24) is 19.7 Å². The van der Waals surface area contributed by atoms with Gasteiger partial charge in [-0.1, -0.05) is 38.3 Å². The second-order valence-corrected chi connectivity index (χ2v) is 10.1. The van der Waals surface area contributed by atoms with Gasteiger partial charge in [-0.05, 0) is 31.5 Å². The maximum absolute atomic E-state index is 12.0. The highest BCUT2D eigenvalue weighted by Crippen LogP contribution is 2.33. The smallest absolute Gasteiger partial charge is 0.181 e. The largest absolute Gasteiger partial charge is 0.368 e. The lowest BCUT2D eigenvalue weighted by Gasteiger charge is -2.32. The van der Waals surface area contributed by atoms with Crippen LogP contribution in [0.25, 0.3) is 11.4 Å². The normalized spacial score (nSPS) is 22.1. The number of hydrogen-bond acceptors (Lipinski definition) is 6. The van der Waals surface area contributed by atoms with Crippen molar-refractivity contribution in [3.8, 4) is 11.4 Å². The molecule has 1 saturated carbocycles. The zero-order valence-corrected chi connectivity index (χ0v) is 18.1. The van der Waals surface area contributed by atoms with Gasteiger partial charge in [-0.3, -0.25) is 4.90 Å². The van der Waals surface area contributed by atoms with Gasteiger partial charge in [0, 0.05) is 24.9 Å². The van der Waals surface area contributed by atoms with Crippen LogP contribution in [0.5, 0.6) is 0 Å². The van der Waals surface area contributed by atoms with Crippen LogP contribution in [0.1, 0.15) is 57.0 Å². The molecule has 158 valence electrons. The molecule has 8 heteroatoms. The van der Waals surface area contributed by atoms with E-state index in [1.165, 1.54) is 25.5 Å². The molecule has 1 unspecified atom stereocenters. The van der Waals surface area contributed by atoms with Crippen LogP contribution in [-0.4, -0.2) is 60.6 Å². The minimum absolute atomic E-state index is 0.107. The average Bonchev–Trinajstić information content (AvgIpc) is 3.19. The SMILES string of the molecule is CCN1CCOC(c2nc(-c3cccc(S(C)(=O)=O)c3)nn2C2CCCCC2)C1. The molecule has 1 aromatic carbocycles. The Balaban J connectivity index is 1.73. The fourth-order valence-corrected chi connectivity index (χ4v) is 4.95. The first-order chi connectivity index (χ1) is 14.0. The fraction of sp³-hybridized carbons (Fsp3) is 0.619. The van der Waals surface area contributed by atoms with E-state index in [4.69, 9.17) is 14.8 Å². The monoisotopic (exact) mass is 418 g/mol. The topological polar surface area (TPSA) is 77.3 Å². The van der Waals surface area contributed by atoms with Crippen LogP contribution in [0, 0.1) is 0 Å². The fourth-order valence-electron chi connectivity index (χ4n) is 4.28. The maximum Gasteiger partial charge on any atom is 0.181 e. The standard InChI is InChI=1S/C21H30N4O3S/c1-3-24-12-13-28-19(15-24)21-22-20(23-25(21)17-9-5-4-6-10-17)16-8-7-11-18(14-16)29(2,26)27/h7-8,11,14,17,19H,3-6,9-10,12-13,15H2,1-2H3. The predicted octanol–water partition coefficient (Wildman–Crippen LogP) is 3.25. The van der Waals surface area contributed by atoms with E-state index in [-0.39, 0.29) is 11.0 Å². The summed E-state index contributed by atoms with van der Waals surface area (Å²) in [6, 6.07) is 7.24. The summed E-state index contributed by atoms with van der Waals surface area (Å²) in [5, 5.41) is 4.87. The summed E-state index contributed by atoms with van der Waals surface area (Å²) in [7, 11) is -3.28. The summed E-state index contributed by atoms with van der Waals surface area (Å²) in [5.41, 5.74) is 0.729. The molecule has 2 heterocycles. The van der Waals surface area contributed by atoms with E-state index in [1.807, 2.05) is 6.07 Å². The Labute approximate surface area is 173 Å². The van der Waals surface area contributed by atoms with Crippen LogP contribution >= 0.6 is 0 Å². The van der Waals surface area contributed by atoms with Crippen molar-refractivity contribution in [3.63, 3.8) is 0 Å². The number of ether oxygens (including phenoxy) is 1. The second kappa shape index (κ2) is 8.53. The lowest BCUT2D eigenvalue weighted by atomic mass is 9.95. The average molecular weight is 419 g/mol. The van der Waals surface area contributed by atoms with Gasteiger partial charge < -0.3 is 4.74 Å². The van der Waals surface area contributed by atoms with Crippen LogP contribution < -0.4 is 0 Å². The molecule has 0 amide bonds. The highest BCUT2D eigenvalue weighted by Gasteiger charge is 2.30. The Morgan fingerprint density at radius 1 is 1.21 bits per heavy atom. The molecule has 2 fully saturated rings. The molecule has 1 aliphatic carbocycles. The van der Waals surface area contributed by atoms with Crippen molar-refractivity contribution < 1.29 is 13.2 Å². The molecule has 4 rings (SSSR count). The molecule has 1 aromatic heterocycles. The van der Waals surface area contributed by atoms with Crippen LogP contribution in [0.2, 0.25) is 0 Å². The van der Waals surface area contributed by atoms with E-state index in [0.29, 0.717) is 18.5 Å². The van der Waals surface area contributed by atoms with E-state index < -0.39 is 9.84 Å². The van der Waals surface area contributed by atoms with Gasteiger partial charge in [-0.15, -0.1) is 0 Å². The maximum atomic E-state index is 12.0. The number of aromatic nitrogens is 3. The molecular formula is C21H30N4O3S. The summed E-state index contributed by atoms with van der Waals surface area (Å²) >= 11 is 0. The molecule has 29 heavy (non-hydrogen) atoms. The Kier molecular flexibility index (Phi) is 6.03. The molecular weight excluding hydrogens is 388 g/mol. The Morgan fingerprint density at radius 3 is 2.72 bits per heavy atom. The molecule has 0 bridgehead atoms. The highest BCUT2D eigenvalue weighted by atomic mass is 32.2. The van der Waals surface area contributed by atoms with Crippen molar-refractivity contribution >= 4 is 9.84 Å². The van der Waals surface area contributed by atoms with Crippen LogP contribution in [0.15, 0.2) is 29.2 Å². The minimum Gasteiger partial charge on any atom is -0.368 e. The van der Waals surface area contributed by atoms with Gasteiger partial charge >= 0.3 is 0 Å². The summed E-state index contributed by atoms with van der Waals surface area (Å²) < 4.78 is 32.1. The van der Waals surface area contributed by atoms with E-state index in [0.717, 1.165) is 43.9 Å². The predicted molar refractivity (Wildman–Crippen MR) is 111 cm³/mol. The summed E-state index contributed by atoms with van der Waals surface area (Å²) in [4.78, 5) is 7.54. The van der Waals surface area contributed by atoms with Crippen molar-refractivity contribution in [2.75, 3.05) is 32.5 Å². The molecule has 0 spiro atoms. The van der Waals surface area contributed by atoms with Crippen LogP contribution in [0.4, 0.5) is 0 Å². The molecule has 1 aliphatic heterocycles. The van der Waals surface area contributed by atoms with Crippen LogP contribution in [-0.2, 0) is 14.6 Å². The van der Waals surface area contributed by atoms with E-state index in [2.05, 4.69) is 16.5 Å². The lowest BCUT2D eigenvalue weighted by Crippen LogP contribution is -2.39. The van der Waals surface area contributed by atoms with Crippen LogP contribution in [0.3, 0.4) is 0 Å². The second-order valence-electron chi connectivity index (χ2n) is 8.08. The van der Waals surface area contributed by atoms with Gasteiger partial charge in [0.25, 0.3) is 0 Å². The molecule has 0 N–H and O–H groups in total. The third-order valence-corrected chi connectivity index (χ3v) is 7.09. The minimum atomic E-state index is -3.28. The molecule has 0 radical (unpaired) electrons. The number of likely N-dealkylation sites (N-methyl/N-ethyl adjacent to an activating group) is 1. The van der Waals surface area contributed by atoms with Crippen molar-refractivity contribution in [1.29, 1.82) is 0 Å². The molecule has 7 nitrogen and oxygen atoms in total. The third kappa shape index (κ3) is 4.54. The van der Waals surface area contributed by atoms with Crippen molar-refractivity contribution in [2.45, 2.75) is 56.1 Å². The summed E-state index contributed by atoms with van der Waals surface area (Å²) in [6.07, 6.45) is 7.00. The van der Waals surface area contributed by atoms with E-state index in [9.17, 15) is 8.42 Å². The molecule has 1 atom stereocenters.